The molecule has 1 amide bonds. The zero-order valence-electron chi connectivity index (χ0n) is 27.0. The van der Waals surface area contributed by atoms with Gasteiger partial charge in [0.15, 0.2) is 25.0 Å². The van der Waals surface area contributed by atoms with E-state index in [4.69, 9.17) is 62.8 Å². The Kier molecular flexibility index (Phi) is 14.6. The van der Waals surface area contributed by atoms with Gasteiger partial charge < -0.3 is 114 Å². The maximum absolute atomic E-state index is 12.7. The summed E-state index contributed by atoms with van der Waals surface area (Å²) >= 11 is 0. The van der Waals surface area contributed by atoms with E-state index in [0.29, 0.717) is 0 Å². The Bertz CT molecular complexity index is 1090. The normalized spacial score (nSPS) is 48.3. The molecule has 1 saturated carbocycles. The molecule has 1 aliphatic carbocycles. The van der Waals surface area contributed by atoms with Crippen molar-refractivity contribution in [2.75, 3.05) is 26.2 Å². The lowest BCUT2D eigenvalue weighted by atomic mass is 9.83. The summed E-state index contributed by atoms with van der Waals surface area (Å²) in [7, 11) is 0. The molecular formula is C27H53N7O16. The van der Waals surface area contributed by atoms with Crippen molar-refractivity contribution in [3.05, 3.63) is 0 Å². The topological polar surface area (TPSA) is 423 Å². The molecule has 0 radical (unpaired) electrons. The summed E-state index contributed by atoms with van der Waals surface area (Å²) in [4.78, 5) is 12.7. The number of hydrogen-bond acceptors (Lipinski definition) is 22. The van der Waals surface area contributed by atoms with Gasteiger partial charge in [0.25, 0.3) is 5.91 Å². The molecule has 23 nitrogen and oxygen atoms in total. The minimum absolute atomic E-state index is 0.219. The zero-order valence-corrected chi connectivity index (χ0v) is 27.0. The molecule has 0 aromatic rings. The lowest BCUT2D eigenvalue weighted by molar-refractivity contribution is -0.307. The summed E-state index contributed by atoms with van der Waals surface area (Å²) in [6, 6.07) is -5.06. The molecule has 292 valence electrons. The van der Waals surface area contributed by atoms with Crippen LogP contribution in [0.5, 0.6) is 0 Å². The largest absolute Gasteiger partial charge is 0.394 e. The molecule has 3 aliphatic heterocycles. The van der Waals surface area contributed by atoms with Gasteiger partial charge in [-0.25, -0.2) is 0 Å². The van der Waals surface area contributed by atoms with E-state index in [9.17, 15) is 50.8 Å². The molecule has 1 unspecified atom stereocenters. The molecule has 0 aromatic carbocycles. The lowest BCUT2D eigenvalue weighted by Gasteiger charge is -2.48. The van der Waals surface area contributed by atoms with Gasteiger partial charge in [0, 0.05) is 25.7 Å². The minimum Gasteiger partial charge on any atom is -0.394 e. The number of carbonyl (C=O) groups excluding carboxylic acids is 1. The molecule has 0 bridgehead atoms. The molecule has 3 saturated heterocycles. The number of rotatable bonds is 13. The Balaban J connectivity index is 1.58. The van der Waals surface area contributed by atoms with Crippen molar-refractivity contribution in [2.24, 2.45) is 34.4 Å². The van der Waals surface area contributed by atoms with Crippen molar-refractivity contribution in [2.45, 2.75) is 135 Å². The minimum atomic E-state index is -1.97. The SMILES string of the molecule is NC[C@@H](O)C(O)C(=O)N[C@@H]1C[C@H](N)[C@@H](O[C@H]2O[C@H](CN)[C@@H](O)[C@H](O)[C@H]2N)[C@H](O[C@@H]2O[C@H](CO)[C@@H](O[C@H]3O[C@@H](CN)[C@@H](O)[C@H](O)[C@H]3N)[C@H]2O)[C@H]1O. The van der Waals surface area contributed by atoms with Gasteiger partial charge in [0.2, 0.25) is 0 Å². The zero-order chi connectivity index (χ0) is 37.2. The number of hydrogen-bond donors (Lipinski definition) is 16. The highest BCUT2D eigenvalue weighted by Crippen LogP contribution is 2.34. The number of aliphatic hydroxyl groups excluding tert-OH is 9. The highest BCUT2D eigenvalue weighted by Gasteiger charge is 2.55. The van der Waals surface area contributed by atoms with Crippen molar-refractivity contribution in [1.82, 2.24) is 5.32 Å². The molecule has 4 aliphatic rings. The molecular weight excluding hydrogens is 678 g/mol. The number of carbonyl (C=O) groups is 1. The number of ether oxygens (including phenoxy) is 6. The van der Waals surface area contributed by atoms with Crippen LogP contribution in [-0.4, -0.2) is 207 Å². The second kappa shape index (κ2) is 17.6. The molecule has 0 aromatic heterocycles. The van der Waals surface area contributed by atoms with Crippen molar-refractivity contribution in [1.29, 1.82) is 0 Å². The summed E-state index contributed by atoms with van der Waals surface area (Å²) in [5, 5.41) is 96.7. The van der Waals surface area contributed by atoms with Gasteiger partial charge in [-0.15, -0.1) is 0 Å². The molecule has 4 rings (SSSR count). The second-order valence-corrected chi connectivity index (χ2v) is 12.9. The summed E-state index contributed by atoms with van der Waals surface area (Å²) < 4.78 is 34.8. The number of nitrogens with one attached hydrogen (secondary N) is 1. The summed E-state index contributed by atoms with van der Waals surface area (Å²) in [6.45, 7) is -1.66. The number of nitrogens with two attached hydrogens (primary N) is 6. The number of amides is 1. The first-order valence-electron chi connectivity index (χ1n) is 16.2. The van der Waals surface area contributed by atoms with Gasteiger partial charge >= 0.3 is 0 Å². The quantitative estimate of drug-likeness (QED) is 0.0836. The Morgan fingerprint density at radius 3 is 1.64 bits per heavy atom. The van der Waals surface area contributed by atoms with Crippen molar-refractivity contribution in [3.8, 4) is 0 Å². The van der Waals surface area contributed by atoms with E-state index >= 15 is 0 Å². The van der Waals surface area contributed by atoms with E-state index < -0.39 is 148 Å². The van der Waals surface area contributed by atoms with Crippen LogP contribution in [0, 0.1) is 0 Å². The summed E-state index contributed by atoms with van der Waals surface area (Å²) in [6.07, 6.45) is -25.9. The fourth-order valence-electron chi connectivity index (χ4n) is 6.42. The molecule has 4 fully saturated rings. The van der Waals surface area contributed by atoms with E-state index in [-0.39, 0.29) is 19.5 Å². The first-order chi connectivity index (χ1) is 23.6. The predicted octanol–water partition coefficient (Wildman–Crippen LogP) is -11.1. The van der Waals surface area contributed by atoms with Crippen LogP contribution in [0.3, 0.4) is 0 Å². The first kappa shape index (κ1) is 41.4. The van der Waals surface area contributed by atoms with Crippen LogP contribution in [0.2, 0.25) is 0 Å². The first-order valence-corrected chi connectivity index (χ1v) is 16.2. The van der Waals surface area contributed by atoms with Crippen LogP contribution in [0.15, 0.2) is 0 Å². The fourth-order valence-corrected chi connectivity index (χ4v) is 6.42. The van der Waals surface area contributed by atoms with E-state index in [1.165, 1.54) is 0 Å². The molecule has 50 heavy (non-hydrogen) atoms. The van der Waals surface area contributed by atoms with E-state index in [1.54, 1.807) is 0 Å². The maximum Gasteiger partial charge on any atom is 0.251 e. The molecule has 23 heteroatoms. The van der Waals surface area contributed by atoms with Crippen LogP contribution in [-0.2, 0) is 33.2 Å². The van der Waals surface area contributed by atoms with E-state index in [1.807, 2.05) is 0 Å². The van der Waals surface area contributed by atoms with Crippen molar-refractivity contribution >= 4 is 5.91 Å². The third-order valence-electron chi connectivity index (χ3n) is 9.53. The Hall–Kier alpha value is -1.37. The van der Waals surface area contributed by atoms with Crippen molar-refractivity contribution < 1.29 is 79.2 Å². The average molecular weight is 732 g/mol. The third-order valence-corrected chi connectivity index (χ3v) is 9.53. The number of aliphatic hydroxyl groups is 9. The van der Waals surface area contributed by atoms with E-state index in [0.717, 1.165) is 0 Å². The second-order valence-electron chi connectivity index (χ2n) is 12.9. The van der Waals surface area contributed by atoms with Crippen molar-refractivity contribution in [3.63, 3.8) is 0 Å². The fraction of sp³-hybridized carbons (Fsp3) is 0.963. The van der Waals surface area contributed by atoms with Crippen LogP contribution >= 0.6 is 0 Å². The van der Waals surface area contributed by atoms with Gasteiger partial charge in [-0.3, -0.25) is 4.79 Å². The third kappa shape index (κ3) is 8.54. The Labute approximate surface area is 286 Å². The molecule has 22 N–H and O–H groups in total. The van der Waals surface area contributed by atoms with Crippen LogP contribution < -0.4 is 39.7 Å². The van der Waals surface area contributed by atoms with E-state index in [2.05, 4.69) is 5.32 Å². The van der Waals surface area contributed by atoms with Gasteiger partial charge in [0.1, 0.15) is 79.4 Å². The Morgan fingerprint density at radius 2 is 1.16 bits per heavy atom. The maximum atomic E-state index is 12.7. The highest BCUT2D eigenvalue weighted by molar-refractivity contribution is 5.81. The monoisotopic (exact) mass is 731 g/mol. The van der Waals surface area contributed by atoms with Gasteiger partial charge in [-0.05, 0) is 6.42 Å². The highest BCUT2D eigenvalue weighted by atomic mass is 16.8. The summed E-state index contributed by atoms with van der Waals surface area (Å²) in [5.74, 6) is -1.10. The predicted molar refractivity (Wildman–Crippen MR) is 163 cm³/mol. The summed E-state index contributed by atoms with van der Waals surface area (Å²) in [5.41, 5.74) is 35.2. The van der Waals surface area contributed by atoms with Gasteiger partial charge in [-0.2, -0.15) is 0 Å². The van der Waals surface area contributed by atoms with Gasteiger partial charge in [-0.1, -0.05) is 0 Å². The molecule has 21 atom stereocenters. The van der Waals surface area contributed by atoms with Gasteiger partial charge in [0.05, 0.1) is 24.7 Å². The standard InChI is InChI=1S/C27H53N7O16/c28-2-8(36)15(38)24(44)34-7-1-6(31)21(48-25-12(32)18(41)16(39)9(3-29)45-25)23(14(7)37)50-27-20(43)22(11(5-35)47-27)49-26-13(33)19(42)17(40)10(4-30)46-26/h6-23,25-27,35-43H,1-5,28-33H2,(H,34,44)/t6-,7+,8+,9+,10-,11+,12+,13+,14-,15?,16+,17+,18+,19+,20+,21+,22+,23+,25+,26+,27-/m0/s1. The molecule has 3 heterocycles. The van der Waals surface area contributed by atoms with Crippen LogP contribution in [0.25, 0.3) is 0 Å². The van der Waals surface area contributed by atoms with Crippen LogP contribution in [0.4, 0.5) is 0 Å². The Morgan fingerprint density at radius 1 is 0.680 bits per heavy atom. The molecule has 0 spiro atoms. The lowest BCUT2D eigenvalue weighted by Crippen LogP contribution is -2.69. The average Bonchev–Trinajstić information content (AvgIpc) is 3.40. The smallest absolute Gasteiger partial charge is 0.251 e. The van der Waals surface area contributed by atoms with Crippen LogP contribution in [0.1, 0.15) is 6.42 Å².